The predicted octanol–water partition coefficient (Wildman–Crippen LogP) is 4.99. The van der Waals surface area contributed by atoms with Crippen molar-refractivity contribution in [2.24, 2.45) is 0 Å². The van der Waals surface area contributed by atoms with Crippen LogP contribution in [-0.4, -0.2) is 15.9 Å². The molecule has 2 N–H and O–H groups in total. The third kappa shape index (κ3) is 4.57. The number of aromatic nitrogens is 2. The lowest BCUT2D eigenvalue weighted by Crippen LogP contribution is -2.23. The van der Waals surface area contributed by atoms with Crippen molar-refractivity contribution in [1.82, 2.24) is 15.3 Å². The number of furan rings is 1. The number of rotatable bonds is 7. The van der Waals surface area contributed by atoms with Crippen molar-refractivity contribution in [2.75, 3.05) is 5.32 Å². The van der Waals surface area contributed by atoms with Gasteiger partial charge in [0, 0.05) is 11.8 Å². The van der Waals surface area contributed by atoms with E-state index in [1.165, 1.54) is 17.5 Å². The molecule has 0 bridgehead atoms. The number of benzene rings is 1. The highest BCUT2D eigenvalue weighted by Crippen LogP contribution is 2.34. The summed E-state index contributed by atoms with van der Waals surface area (Å²) >= 11 is 0. The van der Waals surface area contributed by atoms with E-state index in [-0.39, 0.29) is 5.91 Å². The van der Waals surface area contributed by atoms with Gasteiger partial charge in [0.05, 0.1) is 12.8 Å². The van der Waals surface area contributed by atoms with Gasteiger partial charge in [0.15, 0.2) is 0 Å². The molecule has 6 nitrogen and oxygen atoms in total. The van der Waals surface area contributed by atoms with Crippen molar-refractivity contribution in [1.29, 1.82) is 0 Å². The monoisotopic (exact) mass is 378 g/mol. The second-order valence-electron chi connectivity index (χ2n) is 7.30. The van der Waals surface area contributed by atoms with Crippen LogP contribution in [0.25, 0.3) is 0 Å². The Labute approximate surface area is 165 Å². The number of nitrogens with zero attached hydrogens (tertiary/aromatic N) is 2. The minimum absolute atomic E-state index is 0.275. The van der Waals surface area contributed by atoms with Crippen LogP contribution in [0.15, 0.2) is 53.4 Å². The number of hydrogen-bond acceptors (Lipinski definition) is 5. The van der Waals surface area contributed by atoms with Crippen LogP contribution in [-0.2, 0) is 6.54 Å². The highest BCUT2D eigenvalue weighted by Gasteiger charge is 2.15. The quantitative estimate of drug-likeness (QED) is 0.605. The molecule has 0 aliphatic heterocycles. The number of amides is 1. The summed E-state index contributed by atoms with van der Waals surface area (Å²) in [5.74, 6) is 1.72. The summed E-state index contributed by atoms with van der Waals surface area (Å²) in [6, 6.07) is 11.6. The lowest BCUT2D eigenvalue weighted by molar-refractivity contribution is 0.0943. The Bertz CT molecular complexity index is 907. The first-order valence-corrected chi connectivity index (χ1v) is 9.48. The number of anilines is 2. The first-order chi connectivity index (χ1) is 13.5. The van der Waals surface area contributed by atoms with Crippen molar-refractivity contribution in [3.8, 4) is 0 Å². The number of nitrogens with one attached hydrogen (secondary N) is 2. The summed E-state index contributed by atoms with van der Waals surface area (Å²) in [6.45, 7) is 8.97. The molecule has 0 unspecified atom stereocenters. The normalized spacial score (nSPS) is 11.1. The van der Waals surface area contributed by atoms with E-state index >= 15 is 0 Å². The van der Waals surface area contributed by atoms with Gasteiger partial charge >= 0.3 is 0 Å². The number of hydrogen-bond donors (Lipinski definition) is 2. The van der Waals surface area contributed by atoms with Crippen LogP contribution < -0.4 is 10.6 Å². The molecular weight excluding hydrogens is 352 g/mol. The number of para-hydroxylation sites is 1. The molecule has 146 valence electrons. The minimum atomic E-state index is -0.275. The topological polar surface area (TPSA) is 80.0 Å². The Kier molecular flexibility index (Phi) is 6.09. The Morgan fingerprint density at radius 1 is 1.04 bits per heavy atom. The van der Waals surface area contributed by atoms with E-state index in [4.69, 9.17) is 4.42 Å². The lowest BCUT2D eigenvalue weighted by atomic mass is 9.92. The summed E-state index contributed by atoms with van der Waals surface area (Å²) in [4.78, 5) is 20.8. The van der Waals surface area contributed by atoms with E-state index in [1.54, 1.807) is 18.4 Å². The molecule has 3 aromatic rings. The largest absolute Gasteiger partial charge is 0.467 e. The van der Waals surface area contributed by atoms with Crippen LogP contribution in [0.2, 0.25) is 0 Å². The molecule has 2 aromatic heterocycles. The standard InChI is InChI=1S/C22H26N4O2/c1-14(2)17-8-5-9-18(15(3)4)21(17)26-20-11-19(24-13-25-20)22(27)23-12-16-7-6-10-28-16/h5-11,13-15H,12H2,1-4H3,(H,23,27)(H,24,25,26). The molecule has 0 saturated heterocycles. The molecule has 28 heavy (non-hydrogen) atoms. The van der Waals surface area contributed by atoms with Crippen molar-refractivity contribution in [3.05, 3.63) is 71.6 Å². The molecular formula is C22H26N4O2. The van der Waals surface area contributed by atoms with E-state index in [2.05, 4.69) is 66.5 Å². The predicted molar refractivity (Wildman–Crippen MR) is 110 cm³/mol. The highest BCUT2D eigenvalue weighted by molar-refractivity contribution is 5.93. The Morgan fingerprint density at radius 2 is 1.75 bits per heavy atom. The van der Waals surface area contributed by atoms with Gasteiger partial charge in [0.1, 0.15) is 23.6 Å². The summed E-state index contributed by atoms with van der Waals surface area (Å²) in [5, 5.41) is 6.22. The Morgan fingerprint density at radius 3 is 2.36 bits per heavy atom. The smallest absolute Gasteiger partial charge is 0.270 e. The molecule has 0 fully saturated rings. The minimum Gasteiger partial charge on any atom is -0.467 e. The molecule has 0 spiro atoms. The fraction of sp³-hybridized carbons (Fsp3) is 0.318. The van der Waals surface area contributed by atoms with Gasteiger partial charge < -0.3 is 15.1 Å². The van der Waals surface area contributed by atoms with Gasteiger partial charge in [-0.2, -0.15) is 0 Å². The van der Waals surface area contributed by atoms with Crippen molar-refractivity contribution in [2.45, 2.75) is 46.1 Å². The fourth-order valence-electron chi connectivity index (χ4n) is 3.04. The van der Waals surface area contributed by atoms with Crippen LogP contribution >= 0.6 is 0 Å². The summed E-state index contributed by atoms with van der Waals surface area (Å²) in [7, 11) is 0. The van der Waals surface area contributed by atoms with Crippen LogP contribution in [0.5, 0.6) is 0 Å². The van der Waals surface area contributed by atoms with E-state index in [0.29, 0.717) is 35.7 Å². The van der Waals surface area contributed by atoms with Crippen LogP contribution in [0.4, 0.5) is 11.5 Å². The highest BCUT2D eigenvalue weighted by atomic mass is 16.3. The molecule has 0 aliphatic rings. The molecule has 1 amide bonds. The van der Waals surface area contributed by atoms with Crippen LogP contribution in [0, 0.1) is 0 Å². The zero-order chi connectivity index (χ0) is 20.1. The van der Waals surface area contributed by atoms with E-state index < -0.39 is 0 Å². The maximum Gasteiger partial charge on any atom is 0.270 e. The van der Waals surface area contributed by atoms with Gasteiger partial charge in [-0.3, -0.25) is 4.79 Å². The second-order valence-corrected chi connectivity index (χ2v) is 7.30. The van der Waals surface area contributed by atoms with Gasteiger partial charge in [-0.1, -0.05) is 45.9 Å². The van der Waals surface area contributed by atoms with Gasteiger partial charge in [-0.15, -0.1) is 0 Å². The van der Waals surface area contributed by atoms with Crippen molar-refractivity contribution < 1.29 is 9.21 Å². The first-order valence-electron chi connectivity index (χ1n) is 9.48. The molecule has 0 saturated carbocycles. The first kappa shape index (κ1) is 19.6. The van der Waals surface area contributed by atoms with E-state index in [0.717, 1.165) is 5.69 Å². The molecule has 0 aliphatic carbocycles. The van der Waals surface area contributed by atoms with Crippen molar-refractivity contribution in [3.63, 3.8) is 0 Å². The molecule has 0 atom stereocenters. The van der Waals surface area contributed by atoms with Gasteiger partial charge in [-0.25, -0.2) is 9.97 Å². The third-order valence-corrected chi connectivity index (χ3v) is 4.53. The van der Waals surface area contributed by atoms with Crippen LogP contribution in [0.3, 0.4) is 0 Å². The Hall–Kier alpha value is -3.15. The average Bonchev–Trinajstić information content (AvgIpc) is 3.19. The molecule has 0 radical (unpaired) electrons. The maximum absolute atomic E-state index is 12.4. The van der Waals surface area contributed by atoms with E-state index in [9.17, 15) is 4.79 Å². The lowest BCUT2D eigenvalue weighted by Gasteiger charge is -2.20. The van der Waals surface area contributed by atoms with Crippen molar-refractivity contribution >= 4 is 17.4 Å². The van der Waals surface area contributed by atoms with Crippen LogP contribution in [0.1, 0.15) is 66.9 Å². The molecule has 2 heterocycles. The molecule has 6 heteroatoms. The zero-order valence-corrected chi connectivity index (χ0v) is 16.7. The SMILES string of the molecule is CC(C)c1cccc(C(C)C)c1Nc1cc(C(=O)NCc2ccco2)ncn1. The summed E-state index contributed by atoms with van der Waals surface area (Å²) in [6.07, 6.45) is 2.98. The number of carbonyl (C=O) groups is 1. The summed E-state index contributed by atoms with van der Waals surface area (Å²) in [5.41, 5.74) is 3.78. The summed E-state index contributed by atoms with van der Waals surface area (Å²) < 4.78 is 5.23. The molecule has 1 aromatic carbocycles. The van der Waals surface area contributed by atoms with Gasteiger partial charge in [0.25, 0.3) is 5.91 Å². The molecule has 3 rings (SSSR count). The maximum atomic E-state index is 12.4. The van der Waals surface area contributed by atoms with E-state index in [1.807, 2.05) is 6.07 Å². The average molecular weight is 378 g/mol. The fourth-order valence-corrected chi connectivity index (χ4v) is 3.04. The number of carbonyl (C=O) groups excluding carboxylic acids is 1. The zero-order valence-electron chi connectivity index (χ0n) is 16.7. The Balaban J connectivity index is 1.82. The van der Waals surface area contributed by atoms with Gasteiger partial charge in [0.2, 0.25) is 0 Å². The third-order valence-electron chi connectivity index (χ3n) is 4.53. The second kappa shape index (κ2) is 8.69. The van der Waals surface area contributed by atoms with Gasteiger partial charge in [-0.05, 0) is 35.1 Å².